The van der Waals surface area contributed by atoms with Crippen LogP contribution < -0.4 is 0 Å². The van der Waals surface area contributed by atoms with Gasteiger partial charge in [-0.05, 0) is 0 Å². The minimum atomic E-state index is -0.717. The molecule has 0 fully saturated rings. The third-order valence-corrected chi connectivity index (χ3v) is 1.04. The largest absolute Gasteiger partial charge is 0.244 e. The minimum absolute atomic E-state index is 0.150. The van der Waals surface area contributed by atoms with Gasteiger partial charge in [0.15, 0.2) is 0 Å². The molecule has 0 atom stereocenters. The number of halogens is 1. The molecule has 0 amide bonds. The monoisotopic (exact) mass is 137 g/mol. The molecule has 0 aliphatic heterocycles. The van der Waals surface area contributed by atoms with Gasteiger partial charge in [-0.15, -0.1) is 0 Å². The van der Waals surface area contributed by atoms with E-state index >= 15 is 0 Å². The average molecular weight is 137 g/mol. The van der Waals surface area contributed by atoms with Crippen molar-refractivity contribution in [2.24, 2.45) is 0 Å². The van der Waals surface area contributed by atoms with Gasteiger partial charge in [0.05, 0.1) is 11.3 Å². The molecule has 0 saturated heterocycles. The highest BCUT2D eigenvalue weighted by Crippen LogP contribution is 2.01. The number of rotatable bonds is 1. The third kappa shape index (κ3) is 1.08. The first-order chi connectivity index (χ1) is 4.88. The lowest BCUT2D eigenvalue weighted by molar-refractivity contribution is 0.474. The van der Waals surface area contributed by atoms with Crippen molar-refractivity contribution in [1.29, 1.82) is 5.26 Å². The maximum Gasteiger partial charge on any atom is 0.133 e. The second-order valence-electron chi connectivity index (χ2n) is 1.63. The van der Waals surface area contributed by atoms with E-state index in [0.717, 1.165) is 0 Å². The Balaban J connectivity index is 3.12. The van der Waals surface area contributed by atoms with Crippen molar-refractivity contribution in [2.75, 3.05) is 0 Å². The summed E-state index contributed by atoms with van der Waals surface area (Å²) in [4.78, 5) is 7.12. The molecule has 0 aliphatic rings. The molecule has 1 rings (SSSR count). The van der Waals surface area contributed by atoms with Crippen LogP contribution in [-0.2, 0) is 6.67 Å². The van der Waals surface area contributed by atoms with Crippen LogP contribution in [0.25, 0.3) is 0 Å². The summed E-state index contributed by atoms with van der Waals surface area (Å²) in [6.07, 6.45) is 2.51. The molecule has 0 N–H and O–H groups in total. The summed E-state index contributed by atoms with van der Waals surface area (Å²) in [5, 5.41) is 8.35. The van der Waals surface area contributed by atoms with Crippen LogP contribution in [0.2, 0.25) is 0 Å². The fourth-order valence-corrected chi connectivity index (χ4v) is 0.555. The van der Waals surface area contributed by atoms with Gasteiger partial charge < -0.3 is 0 Å². The lowest BCUT2D eigenvalue weighted by atomic mass is 10.3. The summed E-state index contributed by atoms with van der Waals surface area (Å²) in [5.74, 6) is 0. The van der Waals surface area contributed by atoms with Crippen molar-refractivity contribution in [3.05, 3.63) is 23.8 Å². The van der Waals surface area contributed by atoms with Gasteiger partial charge in [-0.3, -0.25) is 0 Å². The number of hydrogen-bond acceptors (Lipinski definition) is 3. The van der Waals surface area contributed by atoms with Gasteiger partial charge in [0.1, 0.15) is 19.1 Å². The molecule has 50 valence electrons. The van der Waals surface area contributed by atoms with Crippen LogP contribution in [0.5, 0.6) is 0 Å². The van der Waals surface area contributed by atoms with E-state index in [1.165, 1.54) is 12.5 Å². The Morgan fingerprint density at radius 2 is 2.50 bits per heavy atom. The Labute approximate surface area is 57.2 Å². The van der Waals surface area contributed by atoms with Gasteiger partial charge in [0.2, 0.25) is 0 Å². The number of alkyl halides is 1. The summed E-state index contributed by atoms with van der Waals surface area (Å²) in [6.45, 7) is -0.717. The molecule has 10 heavy (non-hydrogen) atoms. The maximum absolute atomic E-state index is 11.9. The molecule has 0 saturated carbocycles. The Morgan fingerprint density at radius 3 is 3.00 bits per heavy atom. The van der Waals surface area contributed by atoms with Crippen molar-refractivity contribution in [2.45, 2.75) is 6.67 Å². The zero-order valence-corrected chi connectivity index (χ0v) is 5.08. The first kappa shape index (κ1) is 6.62. The first-order valence-corrected chi connectivity index (χ1v) is 2.63. The van der Waals surface area contributed by atoms with E-state index in [1.807, 2.05) is 0 Å². The second-order valence-corrected chi connectivity index (χ2v) is 1.63. The maximum atomic E-state index is 11.9. The van der Waals surface area contributed by atoms with E-state index in [-0.39, 0.29) is 11.3 Å². The van der Waals surface area contributed by atoms with Crippen LogP contribution in [0, 0.1) is 11.3 Å². The van der Waals surface area contributed by atoms with E-state index in [9.17, 15) is 4.39 Å². The highest BCUT2D eigenvalue weighted by molar-refractivity contribution is 5.29. The van der Waals surface area contributed by atoms with Crippen molar-refractivity contribution in [3.8, 4) is 6.07 Å². The normalized spacial score (nSPS) is 8.80. The molecule has 0 aliphatic carbocycles. The summed E-state index contributed by atoms with van der Waals surface area (Å²) in [6, 6.07) is 1.78. The highest BCUT2D eigenvalue weighted by Gasteiger charge is 1.99. The molecule has 1 heterocycles. The molecule has 4 heteroatoms. The molecule has 3 nitrogen and oxygen atoms in total. The van der Waals surface area contributed by atoms with E-state index in [0.29, 0.717) is 0 Å². The Hall–Kier alpha value is -1.50. The standard InChI is InChI=1S/C6H4FN3/c7-1-6-5(2-8)3-9-4-10-6/h3-4H,1H2. The van der Waals surface area contributed by atoms with Gasteiger partial charge in [-0.2, -0.15) is 5.26 Å². The van der Waals surface area contributed by atoms with Gasteiger partial charge in [0, 0.05) is 6.20 Å². The molecular weight excluding hydrogens is 133 g/mol. The molecule has 1 aromatic heterocycles. The van der Waals surface area contributed by atoms with Crippen molar-refractivity contribution >= 4 is 0 Å². The van der Waals surface area contributed by atoms with Crippen LogP contribution in [0.15, 0.2) is 12.5 Å². The van der Waals surface area contributed by atoms with E-state index < -0.39 is 6.67 Å². The Bertz CT molecular complexity index is 266. The van der Waals surface area contributed by atoms with Gasteiger partial charge >= 0.3 is 0 Å². The summed E-state index contributed by atoms with van der Waals surface area (Å²) in [5.41, 5.74) is 0.350. The second kappa shape index (κ2) is 2.87. The molecule has 0 bridgehead atoms. The summed E-state index contributed by atoms with van der Waals surface area (Å²) >= 11 is 0. The zero-order valence-electron chi connectivity index (χ0n) is 5.08. The fourth-order valence-electron chi connectivity index (χ4n) is 0.555. The van der Waals surface area contributed by atoms with Crippen molar-refractivity contribution in [1.82, 2.24) is 9.97 Å². The fraction of sp³-hybridized carbons (Fsp3) is 0.167. The van der Waals surface area contributed by atoms with Crippen LogP contribution in [0.1, 0.15) is 11.3 Å². The molecule has 0 radical (unpaired) electrons. The van der Waals surface area contributed by atoms with Crippen LogP contribution in [0.3, 0.4) is 0 Å². The van der Waals surface area contributed by atoms with Crippen LogP contribution >= 0.6 is 0 Å². The predicted molar refractivity (Wildman–Crippen MR) is 31.6 cm³/mol. The summed E-state index contributed by atoms with van der Waals surface area (Å²) < 4.78 is 11.9. The van der Waals surface area contributed by atoms with E-state index in [1.54, 1.807) is 6.07 Å². The lowest BCUT2D eigenvalue weighted by Gasteiger charge is -1.92. The topological polar surface area (TPSA) is 49.6 Å². The van der Waals surface area contributed by atoms with E-state index in [4.69, 9.17) is 5.26 Å². The van der Waals surface area contributed by atoms with Gasteiger partial charge in [-0.1, -0.05) is 0 Å². The Kier molecular flexibility index (Phi) is 1.90. The molecule has 1 aromatic rings. The molecule has 0 unspecified atom stereocenters. The predicted octanol–water partition coefficient (Wildman–Crippen LogP) is 0.818. The lowest BCUT2D eigenvalue weighted by Crippen LogP contribution is -1.91. The zero-order chi connectivity index (χ0) is 7.40. The SMILES string of the molecule is N#Cc1cncnc1CF. The Morgan fingerprint density at radius 1 is 1.70 bits per heavy atom. The molecular formula is C6H4FN3. The van der Waals surface area contributed by atoms with Gasteiger partial charge in [0.25, 0.3) is 0 Å². The highest BCUT2D eigenvalue weighted by atomic mass is 19.1. The van der Waals surface area contributed by atoms with E-state index in [2.05, 4.69) is 9.97 Å². The van der Waals surface area contributed by atoms with Gasteiger partial charge in [-0.25, -0.2) is 14.4 Å². The van der Waals surface area contributed by atoms with Crippen LogP contribution in [0.4, 0.5) is 4.39 Å². The number of nitrogens with zero attached hydrogens (tertiary/aromatic N) is 3. The first-order valence-electron chi connectivity index (χ1n) is 2.63. The number of hydrogen-bond donors (Lipinski definition) is 0. The summed E-state index contributed by atoms with van der Waals surface area (Å²) in [7, 11) is 0. The van der Waals surface area contributed by atoms with Crippen molar-refractivity contribution in [3.63, 3.8) is 0 Å². The molecule has 0 aromatic carbocycles. The average Bonchev–Trinajstić information content (AvgIpc) is 2.04. The van der Waals surface area contributed by atoms with Crippen molar-refractivity contribution < 1.29 is 4.39 Å². The smallest absolute Gasteiger partial charge is 0.133 e. The quantitative estimate of drug-likeness (QED) is 0.575. The number of nitriles is 1. The van der Waals surface area contributed by atoms with Crippen LogP contribution in [-0.4, -0.2) is 9.97 Å². The molecule has 0 spiro atoms. The number of aromatic nitrogens is 2. The third-order valence-electron chi connectivity index (χ3n) is 1.04. The minimum Gasteiger partial charge on any atom is -0.244 e.